The third-order valence-corrected chi connectivity index (χ3v) is 3.79. The number of benzene rings is 1. The molecule has 7 nitrogen and oxygen atoms in total. The predicted octanol–water partition coefficient (Wildman–Crippen LogP) is 1.90. The maximum atomic E-state index is 11.4. The highest BCUT2D eigenvalue weighted by molar-refractivity contribution is 5.87. The fourth-order valence-electron chi connectivity index (χ4n) is 2.29. The number of hydrogen-bond donors (Lipinski definition) is 3. The molecule has 0 fully saturated rings. The van der Waals surface area contributed by atoms with Crippen LogP contribution in [0.2, 0.25) is 0 Å². The van der Waals surface area contributed by atoms with Gasteiger partial charge in [0.25, 0.3) is 0 Å². The molecule has 2 heterocycles. The lowest BCUT2D eigenvalue weighted by Gasteiger charge is -2.23. The van der Waals surface area contributed by atoms with E-state index in [-0.39, 0.29) is 11.6 Å². The number of rotatable bonds is 4. The smallest absolute Gasteiger partial charge is 0.242 e. The Labute approximate surface area is 139 Å². The molecule has 3 rings (SSSR count). The molecule has 0 aliphatic carbocycles. The summed E-state index contributed by atoms with van der Waals surface area (Å²) in [6, 6.07) is 7.09. The van der Waals surface area contributed by atoms with Gasteiger partial charge in [0.1, 0.15) is 18.8 Å². The molecule has 0 unspecified atom stereocenters. The molecule has 4 N–H and O–H groups in total. The van der Waals surface area contributed by atoms with Crippen molar-refractivity contribution < 1.29 is 19.4 Å². The molecule has 1 aromatic carbocycles. The lowest BCUT2D eigenvalue weighted by atomic mass is 10.0. The number of nitrogens with one attached hydrogen (secondary N) is 1. The zero-order valence-corrected chi connectivity index (χ0v) is 13.5. The van der Waals surface area contributed by atoms with Gasteiger partial charge in [-0.3, -0.25) is 4.79 Å². The number of carbonyl (C=O) groups excluding carboxylic acids is 1. The normalized spacial score (nSPS) is 13.4. The summed E-state index contributed by atoms with van der Waals surface area (Å²) >= 11 is 0. The van der Waals surface area contributed by atoms with Crippen LogP contribution in [0, 0.1) is 0 Å². The summed E-state index contributed by atoms with van der Waals surface area (Å²) < 4.78 is 11.1. The van der Waals surface area contributed by atoms with Gasteiger partial charge in [-0.25, -0.2) is 4.98 Å². The highest BCUT2D eigenvalue weighted by Crippen LogP contribution is 2.36. The Bertz CT molecular complexity index is 789. The molecule has 1 aromatic heterocycles. The number of aromatic nitrogens is 1. The van der Waals surface area contributed by atoms with E-state index in [0.717, 1.165) is 5.56 Å². The van der Waals surface area contributed by atoms with Crippen molar-refractivity contribution >= 4 is 11.7 Å². The molecule has 2 aromatic rings. The lowest BCUT2D eigenvalue weighted by molar-refractivity contribution is -0.121. The molecule has 0 radical (unpaired) electrons. The molecule has 1 aliphatic heterocycles. The molecule has 0 spiro atoms. The number of ether oxygens (including phenoxy) is 2. The van der Waals surface area contributed by atoms with Crippen LogP contribution in [0.3, 0.4) is 0 Å². The maximum Gasteiger partial charge on any atom is 0.242 e. The first kappa shape index (κ1) is 15.9. The van der Waals surface area contributed by atoms with Gasteiger partial charge in [-0.05, 0) is 37.6 Å². The fraction of sp³-hybridized carbons (Fsp3) is 0.294. The molecule has 0 saturated heterocycles. The standard InChI is InChI=1S/C17H19N3O4/c1-17(2,16(18)22)20-15-12(21)7-11(9-19-15)10-3-4-13-14(8-10)24-6-5-23-13/h3-4,7-9,21H,5-6H2,1-2H3,(H2,18,22)(H,19,20). The van der Waals surface area contributed by atoms with Gasteiger partial charge >= 0.3 is 0 Å². The third kappa shape index (κ3) is 3.05. The number of amides is 1. The first-order valence-corrected chi connectivity index (χ1v) is 7.54. The largest absolute Gasteiger partial charge is 0.504 e. The Balaban J connectivity index is 1.88. The van der Waals surface area contributed by atoms with E-state index in [0.29, 0.717) is 30.3 Å². The van der Waals surface area contributed by atoms with Crippen LogP contribution < -0.4 is 20.5 Å². The summed E-state index contributed by atoms with van der Waals surface area (Å²) in [7, 11) is 0. The Hall–Kier alpha value is -2.96. The Morgan fingerprint density at radius 3 is 2.58 bits per heavy atom. The van der Waals surface area contributed by atoms with Gasteiger partial charge in [0, 0.05) is 11.8 Å². The molecule has 0 atom stereocenters. The van der Waals surface area contributed by atoms with Crippen molar-refractivity contribution in [3.05, 3.63) is 30.5 Å². The van der Waals surface area contributed by atoms with E-state index < -0.39 is 11.4 Å². The van der Waals surface area contributed by atoms with E-state index in [1.54, 1.807) is 26.1 Å². The zero-order valence-electron chi connectivity index (χ0n) is 13.5. The van der Waals surface area contributed by atoms with Crippen LogP contribution in [-0.2, 0) is 4.79 Å². The van der Waals surface area contributed by atoms with Gasteiger partial charge in [-0.1, -0.05) is 6.07 Å². The van der Waals surface area contributed by atoms with Gasteiger partial charge in [-0.2, -0.15) is 0 Å². The van der Waals surface area contributed by atoms with Gasteiger partial charge in [0.15, 0.2) is 23.1 Å². The summed E-state index contributed by atoms with van der Waals surface area (Å²) in [4.78, 5) is 15.6. The summed E-state index contributed by atoms with van der Waals surface area (Å²) in [5.41, 5.74) is 5.84. The second-order valence-corrected chi connectivity index (χ2v) is 6.06. The molecule has 1 amide bonds. The van der Waals surface area contributed by atoms with E-state index in [4.69, 9.17) is 15.2 Å². The third-order valence-electron chi connectivity index (χ3n) is 3.79. The van der Waals surface area contributed by atoms with Crippen molar-refractivity contribution in [1.82, 2.24) is 4.98 Å². The van der Waals surface area contributed by atoms with Crippen molar-refractivity contribution in [2.45, 2.75) is 19.4 Å². The van der Waals surface area contributed by atoms with Crippen LogP contribution in [0.5, 0.6) is 17.2 Å². The summed E-state index contributed by atoms with van der Waals surface area (Å²) in [6.07, 6.45) is 1.60. The summed E-state index contributed by atoms with van der Waals surface area (Å²) in [5.74, 6) is 0.940. The minimum atomic E-state index is -1.02. The molecule has 1 aliphatic rings. The average molecular weight is 329 g/mol. The second-order valence-electron chi connectivity index (χ2n) is 6.06. The van der Waals surface area contributed by atoms with Crippen LogP contribution in [0.25, 0.3) is 11.1 Å². The number of anilines is 1. The monoisotopic (exact) mass is 329 g/mol. The molecule has 24 heavy (non-hydrogen) atoms. The first-order chi connectivity index (χ1) is 11.4. The molecule has 0 bridgehead atoms. The molecule has 7 heteroatoms. The first-order valence-electron chi connectivity index (χ1n) is 7.54. The van der Waals surface area contributed by atoms with Crippen LogP contribution in [0.4, 0.5) is 5.82 Å². The number of primary amides is 1. The quantitative estimate of drug-likeness (QED) is 0.791. The molecule has 126 valence electrons. The average Bonchev–Trinajstić information content (AvgIpc) is 2.56. The second kappa shape index (κ2) is 5.92. The van der Waals surface area contributed by atoms with Gasteiger partial charge < -0.3 is 25.6 Å². The van der Waals surface area contributed by atoms with Crippen molar-refractivity contribution in [3.63, 3.8) is 0 Å². The Kier molecular flexibility index (Phi) is 3.92. The highest BCUT2D eigenvalue weighted by atomic mass is 16.6. The number of nitrogens with zero attached hydrogens (tertiary/aromatic N) is 1. The van der Waals surface area contributed by atoms with Crippen LogP contribution >= 0.6 is 0 Å². The number of pyridine rings is 1. The lowest BCUT2D eigenvalue weighted by Crippen LogP contribution is -2.45. The number of hydrogen-bond acceptors (Lipinski definition) is 6. The van der Waals surface area contributed by atoms with Gasteiger partial charge in [0.2, 0.25) is 5.91 Å². The van der Waals surface area contributed by atoms with E-state index in [2.05, 4.69) is 10.3 Å². The van der Waals surface area contributed by atoms with Gasteiger partial charge in [-0.15, -0.1) is 0 Å². The maximum absolute atomic E-state index is 11.4. The van der Waals surface area contributed by atoms with E-state index in [1.807, 2.05) is 18.2 Å². The van der Waals surface area contributed by atoms with Crippen molar-refractivity contribution in [2.75, 3.05) is 18.5 Å². The topological polar surface area (TPSA) is 107 Å². The molecular formula is C17H19N3O4. The minimum Gasteiger partial charge on any atom is -0.504 e. The SMILES string of the molecule is CC(C)(Nc1ncc(-c2ccc3c(c2)OCCO3)cc1O)C(N)=O. The van der Waals surface area contributed by atoms with Crippen LogP contribution in [-0.4, -0.2) is 34.8 Å². The van der Waals surface area contributed by atoms with E-state index >= 15 is 0 Å². The highest BCUT2D eigenvalue weighted by Gasteiger charge is 2.26. The molecular weight excluding hydrogens is 310 g/mol. The fourth-order valence-corrected chi connectivity index (χ4v) is 2.29. The van der Waals surface area contributed by atoms with Gasteiger partial charge in [0.05, 0.1) is 0 Å². The number of aromatic hydroxyl groups is 1. The van der Waals surface area contributed by atoms with Crippen molar-refractivity contribution in [3.8, 4) is 28.4 Å². The van der Waals surface area contributed by atoms with Crippen molar-refractivity contribution in [1.29, 1.82) is 0 Å². The Morgan fingerprint density at radius 2 is 1.92 bits per heavy atom. The summed E-state index contributed by atoms with van der Waals surface area (Å²) in [5, 5.41) is 13.0. The Morgan fingerprint density at radius 1 is 1.21 bits per heavy atom. The van der Waals surface area contributed by atoms with Crippen molar-refractivity contribution in [2.24, 2.45) is 5.73 Å². The minimum absolute atomic E-state index is 0.0725. The van der Waals surface area contributed by atoms with E-state index in [9.17, 15) is 9.90 Å². The van der Waals surface area contributed by atoms with Crippen LogP contribution in [0.15, 0.2) is 30.5 Å². The predicted molar refractivity (Wildman–Crippen MR) is 89.2 cm³/mol. The summed E-state index contributed by atoms with van der Waals surface area (Å²) in [6.45, 7) is 4.27. The van der Waals surface area contributed by atoms with E-state index in [1.165, 1.54) is 0 Å². The van der Waals surface area contributed by atoms with Crippen LogP contribution in [0.1, 0.15) is 13.8 Å². The molecule has 0 saturated carbocycles. The number of nitrogens with two attached hydrogens (primary N) is 1. The number of fused-ring (bicyclic) bond motifs is 1. The zero-order chi connectivity index (χ0) is 17.3. The number of carbonyl (C=O) groups is 1.